The van der Waals surface area contributed by atoms with Gasteiger partial charge in [-0.1, -0.05) is 20.8 Å². The van der Waals surface area contributed by atoms with Crippen LogP contribution in [0, 0.1) is 0 Å². The van der Waals surface area contributed by atoms with Gasteiger partial charge in [0.15, 0.2) is 0 Å². The number of carboxylic acids is 1. The van der Waals surface area contributed by atoms with Crippen molar-refractivity contribution in [3.8, 4) is 0 Å². The van der Waals surface area contributed by atoms with Gasteiger partial charge >= 0.3 is 12.1 Å². The maximum atomic E-state index is 12.6. The predicted molar refractivity (Wildman–Crippen MR) is 64.0 cm³/mol. The summed E-state index contributed by atoms with van der Waals surface area (Å²) in [6.07, 6.45) is -4.65. The van der Waals surface area contributed by atoms with Gasteiger partial charge in [0.25, 0.3) is 0 Å². The van der Waals surface area contributed by atoms with Gasteiger partial charge in [0, 0.05) is 9.64 Å². The summed E-state index contributed by atoms with van der Waals surface area (Å²) in [6.45, 7) is 5.70. The van der Waals surface area contributed by atoms with Crippen LogP contribution in [-0.2, 0) is 6.18 Å². The molecule has 18 heavy (non-hydrogen) atoms. The highest BCUT2D eigenvalue weighted by molar-refractivity contribution is 8.00. The van der Waals surface area contributed by atoms with Crippen molar-refractivity contribution in [2.75, 3.05) is 0 Å². The maximum Gasteiger partial charge on any atom is 0.417 e. The monoisotopic (exact) mass is 278 g/mol. The highest BCUT2D eigenvalue weighted by Gasteiger charge is 2.35. The lowest BCUT2D eigenvalue weighted by molar-refractivity contribution is -0.138. The number of carboxylic acid groups (broad SMARTS) is 1. The fourth-order valence-electron chi connectivity index (χ4n) is 1.36. The number of hydrogen-bond acceptors (Lipinski definition) is 2. The molecule has 1 aromatic carbocycles. The summed E-state index contributed by atoms with van der Waals surface area (Å²) in [7, 11) is 0. The maximum absolute atomic E-state index is 12.6. The molecule has 0 spiro atoms. The normalized spacial score (nSPS) is 12.6. The number of halogens is 3. The summed E-state index contributed by atoms with van der Waals surface area (Å²) in [6, 6.07) is 3.18. The minimum atomic E-state index is -4.65. The number of alkyl halides is 3. The average Bonchev–Trinajstić information content (AvgIpc) is 2.12. The van der Waals surface area contributed by atoms with Gasteiger partial charge in [0.05, 0.1) is 11.1 Å². The summed E-state index contributed by atoms with van der Waals surface area (Å²) < 4.78 is 37.6. The van der Waals surface area contributed by atoms with E-state index >= 15 is 0 Å². The predicted octanol–water partition coefficient (Wildman–Crippen LogP) is 4.29. The number of rotatable bonds is 2. The van der Waals surface area contributed by atoms with E-state index in [4.69, 9.17) is 5.11 Å². The van der Waals surface area contributed by atoms with Crippen molar-refractivity contribution in [3.05, 3.63) is 29.3 Å². The Morgan fingerprint density at radius 1 is 1.22 bits per heavy atom. The molecular formula is C12H13F3O2S. The van der Waals surface area contributed by atoms with Gasteiger partial charge in [-0.3, -0.25) is 0 Å². The van der Waals surface area contributed by atoms with Gasteiger partial charge in [-0.15, -0.1) is 11.8 Å². The standard InChI is InChI=1S/C12H13F3O2S/c1-11(2,3)18-7-4-5-9(12(13,14)15)8(6-7)10(16)17/h4-6H,1-3H3,(H,16,17). The lowest BCUT2D eigenvalue weighted by Gasteiger charge is -2.18. The zero-order chi connectivity index (χ0) is 14.1. The van der Waals surface area contributed by atoms with Gasteiger partial charge in [0.1, 0.15) is 0 Å². The van der Waals surface area contributed by atoms with Crippen molar-refractivity contribution in [1.29, 1.82) is 0 Å². The quantitative estimate of drug-likeness (QED) is 0.820. The minimum Gasteiger partial charge on any atom is -0.478 e. The van der Waals surface area contributed by atoms with Crippen molar-refractivity contribution in [1.82, 2.24) is 0 Å². The van der Waals surface area contributed by atoms with Crippen LogP contribution in [0.3, 0.4) is 0 Å². The third-order valence-electron chi connectivity index (χ3n) is 1.95. The highest BCUT2D eigenvalue weighted by Crippen LogP contribution is 2.37. The first-order chi connectivity index (χ1) is 8.00. The Labute approximate surface area is 107 Å². The van der Waals surface area contributed by atoms with Crippen LogP contribution in [0.25, 0.3) is 0 Å². The Morgan fingerprint density at radius 3 is 2.17 bits per heavy atom. The molecule has 0 aliphatic carbocycles. The molecule has 0 unspecified atom stereocenters. The third-order valence-corrected chi connectivity index (χ3v) is 3.05. The average molecular weight is 278 g/mol. The smallest absolute Gasteiger partial charge is 0.417 e. The second-order valence-electron chi connectivity index (χ2n) is 4.72. The van der Waals surface area contributed by atoms with E-state index in [2.05, 4.69) is 0 Å². The van der Waals surface area contributed by atoms with Gasteiger partial charge in [-0.05, 0) is 18.2 Å². The fourth-order valence-corrected chi connectivity index (χ4v) is 2.38. The molecule has 1 rings (SSSR count). The first-order valence-corrected chi connectivity index (χ1v) is 5.96. The van der Waals surface area contributed by atoms with E-state index < -0.39 is 23.3 Å². The van der Waals surface area contributed by atoms with Gasteiger partial charge in [0.2, 0.25) is 0 Å². The molecule has 0 aliphatic rings. The fraction of sp³-hybridized carbons (Fsp3) is 0.417. The molecule has 1 N–H and O–H groups in total. The topological polar surface area (TPSA) is 37.3 Å². The Hall–Kier alpha value is -1.17. The highest BCUT2D eigenvalue weighted by atomic mass is 32.2. The van der Waals surface area contributed by atoms with E-state index in [1.807, 2.05) is 20.8 Å². The first kappa shape index (κ1) is 14.9. The van der Waals surface area contributed by atoms with E-state index in [-0.39, 0.29) is 4.75 Å². The van der Waals surface area contributed by atoms with Crippen molar-refractivity contribution >= 4 is 17.7 Å². The molecular weight excluding hydrogens is 265 g/mol. The van der Waals surface area contributed by atoms with Crippen LogP contribution in [-0.4, -0.2) is 15.8 Å². The zero-order valence-electron chi connectivity index (χ0n) is 10.1. The molecule has 6 heteroatoms. The lowest BCUT2D eigenvalue weighted by Crippen LogP contribution is -2.13. The molecule has 0 aromatic heterocycles. The van der Waals surface area contributed by atoms with Crippen LogP contribution in [0.2, 0.25) is 0 Å². The number of benzene rings is 1. The molecule has 0 bridgehead atoms. The summed E-state index contributed by atoms with van der Waals surface area (Å²) >= 11 is 1.32. The van der Waals surface area contributed by atoms with Crippen molar-refractivity contribution in [2.24, 2.45) is 0 Å². The molecule has 1 aromatic rings. The Bertz CT molecular complexity index is 461. The molecule has 0 amide bonds. The molecule has 0 saturated carbocycles. The van der Waals surface area contributed by atoms with Crippen LogP contribution in [0.15, 0.2) is 23.1 Å². The van der Waals surface area contributed by atoms with E-state index in [0.29, 0.717) is 4.90 Å². The summed E-state index contributed by atoms with van der Waals surface area (Å²) in [5, 5.41) is 8.84. The Balaban J connectivity index is 3.24. The molecule has 100 valence electrons. The summed E-state index contributed by atoms with van der Waals surface area (Å²) in [5.41, 5.74) is -1.83. The second-order valence-corrected chi connectivity index (χ2v) is 6.63. The molecule has 0 saturated heterocycles. The van der Waals surface area contributed by atoms with Crippen LogP contribution in [0.5, 0.6) is 0 Å². The molecule has 0 aliphatic heterocycles. The SMILES string of the molecule is CC(C)(C)Sc1ccc(C(F)(F)F)c(C(=O)O)c1. The minimum absolute atomic E-state index is 0.199. The van der Waals surface area contributed by atoms with E-state index in [0.717, 1.165) is 12.1 Å². The number of hydrogen-bond donors (Lipinski definition) is 1. The van der Waals surface area contributed by atoms with E-state index in [1.165, 1.54) is 17.8 Å². The van der Waals surface area contributed by atoms with Crippen LogP contribution in [0.1, 0.15) is 36.7 Å². The number of aromatic carboxylic acids is 1. The zero-order valence-corrected chi connectivity index (χ0v) is 10.9. The first-order valence-electron chi connectivity index (χ1n) is 5.14. The number of thioether (sulfide) groups is 1. The van der Waals surface area contributed by atoms with Gasteiger partial charge in [-0.25, -0.2) is 4.79 Å². The second kappa shape index (κ2) is 4.84. The third kappa shape index (κ3) is 3.94. The number of carbonyl (C=O) groups is 1. The van der Waals surface area contributed by atoms with Crippen molar-refractivity contribution in [3.63, 3.8) is 0 Å². The van der Waals surface area contributed by atoms with E-state index in [9.17, 15) is 18.0 Å². The molecule has 2 nitrogen and oxygen atoms in total. The Kier molecular flexibility index (Phi) is 4.00. The van der Waals surface area contributed by atoms with Crippen LogP contribution in [0.4, 0.5) is 13.2 Å². The van der Waals surface area contributed by atoms with Crippen molar-refractivity contribution in [2.45, 2.75) is 36.6 Å². The largest absolute Gasteiger partial charge is 0.478 e. The van der Waals surface area contributed by atoms with Gasteiger partial charge in [-0.2, -0.15) is 13.2 Å². The van der Waals surface area contributed by atoms with Crippen molar-refractivity contribution < 1.29 is 23.1 Å². The summed E-state index contributed by atoms with van der Waals surface area (Å²) in [4.78, 5) is 11.4. The lowest BCUT2D eigenvalue weighted by atomic mass is 10.1. The Morgan fingerprint density at radius 2 is 1.78 bits per heavy atom. The van der Waals surface area contributed by atoms with Gasteiger partial charge < -0.3 is 5.11 Å². The molecule has 0 radical (unpaired) electrons. The van der Waals surface area contributed by atoms with Crippen LogP contribution >= 0.6 is 11.8 Å². The molecule has 0 heterocycles. The summed E-state index contributed by atoms with van der Waals surface area (Å²) in [5.74, 6) is -1.57. The molecule has 0 fully saturated rings. The van der Waals surface area contributed by atoms with E-state index in [1.54, 1.807) is 0 Å². The van der Waals surface area contributed by atoms with Crippen LogP contribution < -0.4 is 0 Å². The molecule has 0 atom stereocenters.